The summed E-state index contributed by atoms with van der Waals surface area (Å²) >= 11 is 0. The van der Waals surface area contributed by atoms with Gasteiger partial charge in [0, 0.05) is 22.7 Å². The molecule has 0 spiro atoms. The van der Waals surface area contributed by atoms with Crippen molar-refractivity contribution in [2.45, 2.75) is 84.0 Å². The van der Waals surface area contributed by atoms with E-state index in [0.717, 1.165) is 0 Å². The molecular formula is C15H30N2. The number of hydrogen-bond donors (Lipinski definition) is 1. The van der Waals surface area contributed by atoms with Crippen LogP contribution in [0.25, 0.3) is 0 Å². The monoisotopic (exact) mass is 238 g/mol. The standard InChI is InChI=1S/C15H30N2/c1-9-17(13(2,3)4)12-10-14(5,6)16-15(7,8)11-12/h9,12,16H,1,10-11H2,2-8H3. The van der Waals surface area contributed by atoms with Gasteiger partial charge in [-0.3, -0.25) is 0 Å². The topological polar surface area (TPSA) is 15.3 Å². The van der Waals surface area contributed by atoms with Crippen LogP contribution in [-0.2, 0) is 0 Å². The van der Waals surface area contributed by atoms with Crippen molar-refractivity contribution < 1.29 is 0 Å². The molecule has 0 aliphatic carbocycles. The summed E-state index contributed by atoms with van der Waals surface area (Å²) in [5.74, 6) is 0. The van der Waals surface area contributed by atoms with Gasteiger partial charge in [-0.15, -0.1) is 0 Å². The Labute approximate surface area is 107 Å². The normalized spacial score (nSPS) is 24.4. The van der Waals surface area contributed by atoms with E-state index in [1.165, 1.54) is 12.8 Å². The number of nitrogens with zero attached hydrogens (tertiary/aromatic N) is 1. The minimum atomic E-state index is 0.149. The summed E-state index contributed by atoms with van der Waals surface area (Å²) in [6, 6.07) is 0.568. The van der Waals surface area contributed by atoms with Crippen LogP contribution >= 0.6 is 0 Å². The molecule has 1 saturated heterocycles. The molecule has 0 atom stereocenters. The molecule has 100 valence electrons. The molecule has 0 aromatic carbocycles. The quantitative estimate of drug-likeness (QED) is 0.791. The van der Waals surface area contributed by atoms with Crippen molar-refractivity contribution in [3.8, 4) is 0 Å². The number of piperidine rings is 1. The van der Waals surface area contributed by atoms with Crippen LogP contribution in [0.2, 0.25) is 0 Å². The summed E-state index contributed by atoms with van der Waals surface area (Å²) in [7, 11) is 0. The first-order chi connectivity index (χ1) is 7.47. The Morgan fingerprint density at radius 1 is 1.12 bits per heavy atom. The maximum absolute atomic E-state index is 4.00. The highest BCUT2D eigenvalue weighted by Gasteiger charge is 2.41. The predicted octanol–water partition coefficient (Wildman–Crippen LogP) is 3.54. The third-order valence-corrected chi connectivity index (χ3v) is 3.53. The van der Waals surface area contributed by atoms with Gasteiger partial charge in [0.2, 0.25) is 0 Å². The molecule has 17 heavy (non-hydrogen) atoms. The van der Waals surface area contributed by atoms with Gasteiger partial charge >= 0.3 is 0 Å². The summed E-state index contributed by atoms with van der Waals surface area (Å²) in [6.45, 7) is 20.0. The van der Waals surface area contributed by atoms with E-state index in [2.05, 4.69) is 65.3 Å². The molecule has 0 bridgehead atoms. The lowest BCUT2D eigenvalue weighted by atomic mass is 9.78. The molecule has 1 N–H and O–H groups in total. The zero-order valence-electron chi connectivity index (χ0n) is 12.7. The molecule has 1 rings (SSSR count). The second-order valence-corrected chi connectivity index (χ2v) is 7.72. The Kier molecular flexibility index (Phi) is 3.69. The van der Waals surface area contributed by atoms with Gasteiger partial charge in [-0.25, -0.2) is 0 Å². The lowest BCUT2D eigenvalue weighted by molar-refractivity contribution is 0.0483. The average molecular weight is 238 g/mol. The third kappa shape index (κ3) is 3.74. The van der Waals surface area contributed by atoms with E-state index >= 15 is 0 Å². The van der Waals surface area contributed by atoms with Crippen LogP contribution in [0.3, 0.4) is 0 Å². The van der Waals surface area contributed by atoms with Crippen LogP contribution < -0.4 is 5.32 Å². The molecule has 0 unspecified atom stereocenters. The van der Waals surface area contributed by atoms with Crippen LogP contribution in [0.1, 0.15) is 61.3 Å². The minimum absolute atomic E-state index is 0.149. The number of hydrogen-bond acceptors (Lipinski definition) is 2. The molecule has 0 aromatic rings. The van der Waals surface area contributed by atoms with Gasteiger partial charge in [0.05, 0.1) is 0 Å². The summed E-state index contributed by atoms with van der Waals surface area (Å²) in [5, 5.41) is 3.73. The smallest absolute Gasteiger partial charge is 0.0324 e. The average Bonchev–Trinajstić information content (AvgIpc) is 1.94. The van der Waals surface area contributed by atoms with E-state index in [1.54, 1.807) is 0 Å². The van der Waals surface area contributed by atoms with Crippen molar-refractivity contribution in [1.82, 2.24) is 10.2 Å². The maximum Gasteiger partial charge on any atom is 0.0324 e. The van der Waals surface area contributed by atoms with E-state index in [1.807, 2.05) is 6.20 Å². The van der Waals surface area contributed by atoms with Gasteiger partial charge in [-0.2, -0.15) is 0 Å². The highest BCUT2D eigenvalue weighted by molar-refractivity contribution is 5.03. The first kappa shape index (κ1) is 14.6. The number of nitrogens with one attached hydrogen (secondary N) is 1. The fraction of sp³-hybridized carbons (Fsp3) is 0.867. The van der Waals surface area contributed by atoms with Crippen molar-refractivity contribution in [3.63, 3.8) is 0 Å². The molecule has 0 amide bonds. The van der Waals surface area contributed by atoms with E-state index in [9.17, 15) is 0 Å². The Morgan fingerprint density at radius 3 is 1.82 bits per heavy atom. The third-order valence-electron chi connectivity index (χ3n) is 3.53. The van der Waals surface area contributed by atoms with Crippen molar-refractivity contribution in [2.75, 3.05) is 0 Å². The molecule has 1 aliphatic heterocycles. The zero-order chi connectivity index (χ0) is 13.5. The summed E-state index contributed by atoms with van der Waals surface area (Å²) in [6.07, 6.45) is 4.35. The SMILES string of the molecule is C=CN(C1CC(C)(C)NC(C)(C)C1)C(C)(C)C. The Bertz CT molecular complexity index is 268. The van der Waals surface area contributed by atoms with Crippen molar-refractivity contribution in [1.29, 1.82) is 0 Å². The molecule has 2 heteroatoms. The first-order valence-electron chi connectivity index (χ1n) is 6.67. The van der Waals surface area contributed by atoms with E-state index in [0.29, 0.717) is 6.04 Å². The van der Waals surface area contributed by atoms with Crippen LogP contribution in [-0.4, -0.2) is 27.6 Å². The summed E-state index contributed by atoms with van der Waals surface area (Å²) < 4.78 is 0. The Balaban J connectivity index is 2.93. The largest absolute Gasteiger partial charge is 0.370 e. The van der Waals surface area contributed by atoms with Crippen molar-refractivity contribution in [3.05, 3.63) is 12.8 Å². The van der Waals surface area contributed by atoms with E-state index in [-0.39, 0.29) is 16.6 Å². The highest BCUT2D eigenvalue weighted by Crippen LogP contribution is 2.34. The lowest BCUT2D eigenvalue weighted by Gasteiger charge is -2.52. The fourth-order valence-corrected chi connectivity index (χ4v) is 3.44. The van der Waals surface area contributed by atoms with Gasteiger partial charge in [0.25, 0.3) is 0 Å². The molecule has 1 heterocycles. The van der Waals surface area contributed by atoms with Gasteiger partial charge in [-0.05, 0) is 67.5 Å². The molecular weight excluding hydrogens is 208 g/mol. The number of rotatable bonds is 2. The van der Waals surface area contributed by atoms with Gasteiger partial charge in [-0.1, -0.05) is 6.58 Å². The van der Waals surface area contributed by atoms with Crippen LogP contribution in [0.5, 0.6) is 0 Å². The molecule has 1 fully saturated rings. The first-order valence-corrected chi connectivity index (χ1v) is 6.67. The Hall–Kier alpha value is -0.500. The van der Waals surface area contributed by atoms with Gasteiger partial charge in [0.15, 0.2) is 0 Å². The lowest BCUT2D eigenvalue weighted by Crippen LogP contribution is -2.63. The molecule has 0 aromatic heterocycles. The molecule has 1 aliphatic rings. The molecule has 0 saturated carbocycles. The van der Waals surface area contributed by atoms with Crippen LogP contribution in [0, 0.1) is 0 Å². The van der Waals surface area contributed by atoms with Gasteiger partial charge in [0.1, 0.15) is 0 Å². The maximum atomic E-state index is 4.00. The van der Waals surface area contributed by atoms with Crippen LogP contribution in [0.4, 0.5) is 0 Å². The van der Waals surface area contributed by atoms with Gasteiger partial charge < -0.3 is 10.2 Å². The van der Waals surface area contributed by atoms with Crippen molar-refractivity contribution in [2.24, 2.45) is 0 Å². The fourth-order valence-electron chi connectivity index (χ4n) is 3.44. The Morgan fingerprint density at radius 2 is 1.53 bits per heavy atom. The summed E-state index contributed by atoms with van der Waals surface area (Å²) in [5.41, 5.74) is 0.535. The second-order valence-electron chi connectivity index (χ2n) is 7.72. The molecule has 0 radical (unpaired) electrons. The summed E-state index contributed by atoms with van der Waals surface area (Å²) in [4.78, 5) is 2.43. The highest BCUT2D eigenvalue weighted by atomic mass is 15.2. The van der Waals surface area contributed by atoms with E-state index in [4.69, 9.17) is 0 Å². The minimum Gasteiger partial charge on any atom is -0.370 e. The predicted molar refractivity (Wildman–Crippen MR) is 76.1 cm³/mol. The molecule has 2 nitrogen and oxygen atoms in total. The second kappa shape index (κ2) is 4.31. The van der Waals surface area contributed by atoms with Crippen LogP contribution in [0.15, 0.2) is 12.8 Å². The van der Waals surface area contributed by atoms with Crippen molar-refractivity contribution >= 4 is 0 Å². The zero-order valence-corrected chi connectivity index (χ0v) is 12.7. The van der Waals surface area contributed by atoms with E-state index < -0.39 is 0 Å².